The van der Waals surface area contributed by atoms with Crippen molar-refractivity contribution in [2.45, 2.75) is 39.5 Å². The summed E-state index contributed by atoms with van der Waals surface area (Å²) in [6, 6.07) is 4.32. The molecule has 0 bridgehead atoms. The van der Waals surface area contributed by atoms with Crippen molar-refractivity contribution in [3.8, 4) is 5.13 Å². The smallest absolute Gasteiger partial charge is 0.194 e. The highest BCUT2D eigenvalue weighted by molar-refractivity contribution is 7.14. The summed E-state index contributed by atoms with van der Waals surface area (Å²) in [5, 5.41) is 1.16. The van der Waals surface area contributed by atoms with Crippen LogP contribution >= 0.6 is 11.3 Å². The van der Waals surface area contributed by atoms with Gasteiger partial charge in [-0.25, -0.2) is 4.98 Å². The maximum Gasteiger partial charge on any atom is 0.194 e. The van der Waals surface area contributed by atoms with Crippen LogP contribution in [0.2, 0.25) is 0 Å². The molecule has 3 heteroatoms. The van der Waals surface area contributed by atoms with Crippen molar-refractivity contribution in [2.75, 3.05) is 0 Å². The number of hydrogen-bond donors (Lipinski definition) is 0. The van der Waals surface area contributed by atoms with Gasteiger partial charge in [0.2, 0.25) is 0 Å². The minimum atomic E-state index is 1.16. The van der Waals surface area contributed by atoms with E-state index in [9.17, 15) is 0 Å². The summed E-state index contributed by atoms with van der Waals surface area (Å²) in [5.41, 5.74) is 3.91. The number of thiazole rings is 1. The van der Waals surface area contributed by atoms with E-state index in [0.29, 0.717) is 0 Å². The average Bonchev–Trinajstić information content (AvgIpc) is 2.82. The van der Waals surface area contributed by atoms with Crippen molar-refractivity contribution in [1.82, 2.24) is 9.55 Å². The normalized spacial score (nSPS) is 15.1. The van der Waals surface area contributed by atoms with Crippen LogP contribution in [-0.2, 0) is 12.8 Å². The predicted molar refractivity (Wildman–Crippen MR) is 67.6 cm³/mol. The molecule has 0 radical (unpaired) electrons. The van der Waals surface area contributed by atoms with E-state index in [-0.39, 0.29) is 0 Å². The third-order valence-corrected chi connectivity index (χ3v) is 4.44. The molecule has 0 amide bonds. The standard InChI is InChI=1S/C13H16N2S/c1-9-7-8-10(2)15(9)13-14-11-5-3-4-6-12(11)16-13/h7-8H,3-6H2,1-2H3. The van der Waals surface area contributed by atoms with Gasteiger partial charge in [0.15, 0.2) is 5.13 Å². The summed E-state index contributed by atoms with van der Waals surface area (Å²) in [4.78, 5) is 6.30. The number of hydrogen-bond acceptors (Lipinski definition) is 2. The molecule has 0 spiro atoms. The lowest BCUT2D eigenvalue weighted by Crippen LogP contribution is -2.00. The van der Waals surface area contributed by atoms with Crippen LogP contribution in [0.5, 0.6) is 0 Å². The second-order valence-electron chi connectivity index (χ2n) is 4.52. The van der Waals surface area contributed by atoms with Crippen molar-refractivity contribution in [3.05, 3.63) is 34.1 Å². The molecule has 0 saturated heterocycles. The summed E-state index contributed by atoms with van der Waals surface area (Å²) in [6.07, 6.45) is 5.04. The van der Waals surface area contributed by atoms with Crippen molar-refractivity contribution >= 4 is 11.3 Å². The fourth-order valence-corrected chi connectivity index (χ4v) is 3.67. The Labute approximate surface area is 100.0 Å². The van der Waals surface area contributed by atoms with E-state index in [1.165, 1.54) is 47.6 Å². The first-order valence-electron chi connectivity index (χ1n) is 5.89. The molecule has 2 aromatic rings. The molecule has 3 rings (SSSR count). The molecule has 0 atom stereocenters. The van der Waals surface area contributed by atoms with Crippen LogP contribution in [0, 0.1) is 13.8 Å². The molecular weight excluding hydrogens is 216 g/mol. The molecule has 0 N–H and O–H groups in total. The summed E-state index contributed by atoms with van der Waals surface area (Å²) >= 11 is 1.87. The molecule has 84 valence electrons. The molecule has 1 aliphatic rings. The fourth-order valence-electron chi connectivity index (χ4n) is 2.40. The monoisotopic (exact) mass is 232 g/mol. The van der Waals surface area contributed by atoms with E-state index in [1.54, 1.807) is 0 Å². The number of nitrogens with zero attached hydrogens (tertiary/aromatic N) is 2. The molecule has 0 fully saturated rings. The first-order valence-corrected chi connectivity index (χ1v) is 6.71. The van der Waals surface area contributed by atoms with Crippen LogP contribution in [0.4, 0.5) is 0 Å². The van der Waals surface area contributed by atoms with Gasteiger partial charge in [-0.15, -0.1) is 11.3 Å². The third kappa shape index (κ3) is 1.50. The Balaban J connectivity index is 2.10. The Morgan fingerprint density at radius 3 is 2.50 bits per heavy atom. The lowest BCUT2D eigenvalue weighted by Gasteiger charge is -2.06. The maximum atomic E-state index is 4.80. The summed E-state index contributed by atoms with van der Waals surface area (Å²) < 4.78 is 2.27. The van der Waals surface area contributed by atoms with Gasteiger partial charge < -0.3 is 0 Å². The molecule has 1 aliphatic carbocycles. The lowest BCUT2D eigenvalue weighted by molar-refractivity contribution is 0.681. The number of rotatable bonds is 1. The fraction of sp³-hybridized carbons (Fsp3) is 0.462. The van der Waals surface area contributed by atoms with Crippen molar-refractivity contribution in [2.24, 2.45) is 0 Å². The molecule has 2 aromatic heterocycles. The van der Waals surface area contributed by atoms with E-state index in [4.69, 9.17) is 4.98 Å². The van der Waals surface area contributed by atoms with Gasteiger partial charge in [0.25, 0.3) is 0 Å². The van der Waals surface area contributed by atoms with Gasteiger partial charge in [-0.05, 0) is 51.7 Å². The first kappa shape index (κ1) is 10.1. The van der Waals surface area contributed by atoms with Crippen molar-refractivity contribution in [3.63, 3.8) is 0 Å². The van der Waals surface area contributed by atoms with Gasteiger partial charge in [-0.1, -0.05) is 0 Å². The van der Waals surface area contributed by atoms with Crippen LogP contribution in [-0.4, -0.2) is 9.55 Å². The zero-order chi connectivity index (χ0) is 11.1. The molecule has 0 aromatic carbocycles. The Morgan fingerprint density at radius 1 is 1.12 bits per heavy atom. The zero-order valence-corrected chi connectivity index (χ0v) is 10.6. The molecule has 2 nitrogen and oxygen atoms in total. The van der Waals surface area contributed by atoms with Gasteiger partial charge in [-0.3, -0.25) is 4.57 Å². The van der Waals surface area contributed by atoms with Crippen molar-refractivity contribution < 1.29 is 0 Å². The van der Waals surface area contributed by atoms with Gasteiger partial charge in [0.1, 0.15) is 0 Å². The largest absolute Gasteiger partial charge is 0.295 e. The van der Waals surface area contributed by atoms with Crippen LogP contribution < -0.4 is 0 Å². The lowest BCUT2D eigenvalue weighted by atomic mass is 10.0. The Kier molecular flexibility index (Phi) is 2.36. The summed E-state index contributed by atoms with van der Waals surface area (Å²) in [6.45, 7) is 4.29. The number of aromatic nitrogens is 2. The highest BCUT2D eigenvalue weighted by atomic mass is 32.1. The molecule has 16 heavy (non-hydrogen) atoms. The summed E-state index contributed by atoms with van der Waals surface area (Å²) in [7, 11) is 0. The molecule has 2 heterocycles. The maximum absolute atomic E-state index is 4.80. The third-order valence-electron chi connectivity index (χ3n) is 3.30. The highest BCUT2D eigenvalue weighted by Gasteiger charge is 2.17. The van der Waals surface area contributed by atoms with E-state index >= 15 is 0 Å². The van der Waals surface area contributed by atoms with E-state index in [2.05, 4.69) is 30.5 Å². The van der Waals surface area contributed by atoms with Crippen LogP contribution in [0.1, 0.15) is 34.8 Å². The van der Waals surface area contributed by atoms with E-state index in [0.717, 1.165) is 5.13 Å². The van der Waals surface area contributed by atoms with Gasteiger partial charge in [0, 0.05) is 16.3 Å². The Hall–Kier alpha value is -1.09. The van der Waals surface area contributed by atoms with E-state index in [1.807, 2.05) is 11.3 Å². The van der Waals surface area contributed by atoms with Crippen molar-refractivity contribution in [1.29, 1.82) is 0 Å². The summed E-state index contributed by atoms with van der Waals surface area (Å²) in [5.74, 6) is 0. The van der Waals surface area contributed by atoms with Gasteiger partial charge >= 0.3 is 0 Å². The predicted octanol–water partition coefficient (Wildman–Crippen LogP) is 3.43. The van der Waals surface area contributed by atoms with Crippen LogP contribution in [0.3, 0.4) is 0 Å². The van der Waals surface area contributed by atoms with Gasteiger partial charge in [0.05, 0.1) is 5.69 Å². The Bertz CT molecular complexity index is 479. The van der Waals surface area contributed by atoms with E-state index < -0.39 is 0 Å². The minimum Gasteiger partial charge on any atom is -0.295 e. The molecular formula is C13H16N2S. The molecule has 0 unspecified atom stereocenters. The molecule has 0 saturated carbocycles. The van der Waals surface area contributed by atoms with Crippen LogP contribution in [0.25, 0.3) is 5.13 Å². The molecule has 0 aliphatic heterocycles. The topological polar surface area (TPSA) is 17.8 Å². The quantitative estimate of drug-likeness (QED) is 0.736. The second-order valence-corrected chi connectivity index (χ2v) is 5.59. The number of fused-ring (bicyclic) bond motifs is 1. The number of aryl methyl sites for hydroxylation is 4. The Morgan fingerprint density at radius 2 is 1.81 bits per heavy atom. The first-order chi connectivity index (χ1) is 7.75. The van der Waals surface area contributed by atoms with Gasteiger partial charge in [-0.2, -0.15) is 0 Å². The van der Waals surface area contributed by atoms with Crippen LogP contribution in [0.15, 0.2) is 12.1 Å². The minimum absolute atomic E-state index is 1.16. The zero-order valence-electron chi connectivity index (χ0n) is 9.79. The second kappa shape index (κ2) is 3.74. The SMILES string of the molecule is Cc1ccc(C)n1-c1nc2c(s1)CCCC2. The highest BCUT2D eigenvalue weighted by Crippen LogP contribution is 2.30. The average molecular weight is 232 g/mol.